The summed E-state index contributed by atoms with van der Waals surface area (Å²) in [5.41, 5.74) is 2.41. The predicted molar refractivity (Wildman–Crippen MR) is 60.6 cm³/mol. The van der Waals surface area contributed by atoms with Gasteiger partial charge in [0.1, 0.15) is 6.17 Å². The molecule has 0 saturated carbocycles. The average Bonchev–Trinajstić information content (AvgIpc) is 2.30. The number of hydrogen-bond donors (Lipinski definition) is 1. The van der Waals surface area contributed by atoms with E-state index in [4.69, 9.17) is 4.74 Å². The fraction of sp³-hybridized carbons (Fsp3) is 0.250. The molecule has 1 heterocycles. The number of rotatable bonds is 2. The normalized spacial score (nSPS) is 19.3. The molecule has 1 atom stereocenters. The van der Waals surface area contributed by atoms with Crippen LogP contribution in [0.15, 0.2) is 41.2 Å². The van der Waals surface area contributed by atoms with Gasteiger partial charge in [0.25, 0.3) is 0 Å². The summed E-state index contributed by atoms with van der Waals surface area (Å²) in [6.07, 6.45) is 3.57. The highest BCUT2D eigenvalue weighted by atomic mass is 16.5. The first-order chi connectivity index (χ1) is 7.29. The van der Waals surface area contributed by atoms with Gasteiger partial charge < -0.3 is 10.1 Å². The fourth-order valence-electron chi connectivity index (χ4n) is 1.43. The van der Waals surface area contributed by atoms with Crippen LogP contribution in [0.3, 0.4) is 0 Å². The highest BCUT2D eigenvalue weighted by molar-refractivity contribution is 5.76. The van der Waals surface area contributed by atoms with Crippen molar-refractivity contribution in [2.24, 2.45) is 4.99 Å². The zero-order valence-electron chi connectivity index (χ0n) is 8.90. The number of allylic oxidation sites excluding steroid dienone is 1. The Labute approximate surface area is 89.5 Å². The van der Waals surface area contributed by atoms with E-state index in [1.54, 1.807) is 13.3 Å². The predicted octanol–water partition coefficient (Wildman–Crippen LogP) is 2.16. The zero-order chi connectivity index (χ0) is 10.7. The molecule has 3 heteroatoms. The molecule has 3 nitrogen and oxygen atoms in total. The second-order valence-corrected chi connectivity index (χ2v) is 3.51. The van der Waals surface area contributed by atoms with Crippen LogP contribution in [-0.4, -0.2) is 13.3 Å². The van der Waals surface area contributed by atoms with Crippen molar-refractivity contribution in [3.63, 3.8) is 0 Å². The number of aryl methyl sites for hydroxylation is 1. The van der Waals surface area contributed by atoms with E-state index in [1.807, 2.05) is 6.20 Å². The Morgan fingerprint density at radius 2 is 2.00 bits per heavy atom. The van der Waals surface area contributed by atoms with Crippen molar-refractivity contribution in [2.75, 3.05) is 7.11 Å². The van der Waals surface area contributed by atoms with Crippen LogP contribution in [0.25, 0.3) is 0 Å². The topological polar surface area (TPSA) is 33.6 Å². The molecule has 1 aromatic rings. The van der Waals surface area contributed by atoms with Gasteiger partial charge >= 0.3 is 0 Å². The number of nitrogens with one attached hydrogen (secondary N) is 1. The first-order valence-corrected chi connectivity index (χ1v) is 4.89. The lowest BCUT2D eigenvalue weighted by Gasteiger charge is -2.17. The first kappa shape index (κ1) is 9.77. The fourth-order valence-corrected chi connectivity index (χ4v) is 1.43. The molecule has 0 amide bonds. The van der Waals surface area contributed by atoms with Gasteiger partial charge in [-0.3, -0.25) is 4.99 Å². The van der Waals surface area contributed by atoms with Crippen LogP contribution in [0.1, 0.15) is 17.3 Å². The third-order valence-electron chi connectivity index (χ3n) is 2.36. The second kappa shape index (κ2) is 4.17. The Kier molecular flexibility index (Phi) is 2.72. The van der Waals surface area contributed by atoms with E-state index in [-0.39, 0.29) is 6.17 Å². The molecule has 1 aliphatic rings. The Morgan fingerprint density at radius 1 is 1.27 bits per heavy atom. The third-order valence-corrected chi connectivity index (χ3v) is 2.36. The van der Waals surface area contributed by atoms with E-state index < -0.39 is 0 Å². The quantitative estimate of drug-likeness (QED) is 0.797. The smallest absolute Gasteiger partial charge is 0.152 e. The van der Waals surface area contributed by atoms with Gasteiger partial charge in [-0.15, -0.1) is 0 Å². The van der Waals surface area contributed by atoms with Crippen LogP contribution in [0.5, 0.6) is 0 Å². The Morgan fingerprint density at radius 3 is 2.53 bits per heavy atom. The number of nitrogens with zero attached hydrogens (tertiary/aromatic N) is 1. The van der Waals surface area contributed by atoms with Gasteiger partial charge in [0.2, 0.25) is 0 Å². The molecule has 15 heavy (non-hydrogen) atoms. The molecule has 1 N–H and O–H groups in total. The lowest BCUT2D eigenvalue weighted by molar-refractivity contribution is 0.310. The van der Waals surface area contributed by atoms with Crippen LogP contribution in [0.2, 0.25) is 0 Å². The molecule has 0 radical (unpaired) electrons. The largest absolute Gasteiger partial charge is 0.494 e. The van der Waals surface area contributed by atoms with Gasteiger partial charge in [0, 0.05) is 6.20 Å². The van der Waals surface area contributed by atoms with Crippen LogP contribution in [0.4, 0.5) is 0 Å². The Balaban J connectivity index is 2.12. The standard InChI is InChI=1S/C12H14N2O/c1-9-3-5-10(6-4-9)12-13-7-11(15-2)8-14-12/h3-8,12-13H,1-2H3. The third kappa shape index (κ3) is 2.18. The molecule has 0 saturated heterocycles. The maximum Gasteiger partial charge on any atom is 0.152 e. The molecule has 1 unspecified atom stereocenters. The van der Waals surface area contributed by atoms with Crippen molar-refractivity contribution in [3.8, 4) is 0 Å². The highest BCUT2D eigenvalue weighted by Gasteiger charge is 2.10. The highest BCUT2D eigenvalue weighted by Crippen LogP contribution is 2.17. The number of aliphatic imine (C=N–C) groups is 1. The molecule has 0 bridgehead atoms. The van der Waals surface area contributed by atoms with Gasteiger partial charge in [-0.2, -0.15) is 0 Å². The molecule has 1 aliphatic heterocycles. The lowest BCUT2D eigenvalue weighted by Crippen LogP contribution is -2.18. The van der Waals surface area contributed by atoms with Crippen molar-refractivity contribution in [1.82, 2.24) is 5.32 Å². The minimum atomic E-state index is 0.00417. The number of ether oxygens (including phenoxy) is 1. The summed E-state index contributed by atoms with van der Waals surface area (Å²) in [4.78, 5) is 4.35. The second-order valence-electron chi connectivity index (χ2n) is 3.51. The van der Waals surface area contributed by atoms with E-state index in [9.17, 15) is 0 Å². The van der Waals surface area contributed by atoms with E-state index in [0.717, 1.165) is 11.3 Å². The lowest BCUT2D eigenvalue weighted by atomic mass is 10.1. The Bertz CT molecular complexity index is 393. The summed E-state index contributed by atoms with van der Waals surface area (Å²) in [7, 11) is 1.63. The number of methoxy groups -OCH3 is 1. The molecule has 1 aromatic carbocycles. The Hall–Kier alpha value is -1.77. The molecular formula is C12H14N2O. The summed E-state index contributed by atoms with van der Waals surface area (Å²) < 4.78 is 5.04. The molecule has 0 aliphatic carbocycles. The minimum absolute atomic E-state index is 0.00417. The van der Waals surface area contributed by atoms with Crippen LogP contribution < -0.4 is 5.32 Å². The monoisotopic (exact) mass is 202 g/mol. The molecule has 0 fully saturated rings. The van der Waals surface area contributed by atoms with Gasteiger partial charge in [-0.1, -0.05) is 29.8 Å². The summed E-state index contributed by atoms with van der Waals surface area (Å²) in [5, 5.41) is 3.17. The van der Waals surface area contributed by atoms with Crippen molar-refractivity contribution >= 4 is 6.21 Å². The number of benzene rings is 1. The molecule has 2 rings (SSSR count). The van der Waals surface area contributed by atoms with Crippen LogP contribution >= 0.6 is 0 Å². The van der Waals surface area contributed by atoms with Gasteiger partial charge in [0.05, 0.1) is 13.3 Å². The minimum Gasteiger partial charge on any atom is -0.494 e. The maximum atomic E-state index is 5.04. The van der Waals surface area contributed by atoms with Crippen LogP contribution in [-0.2, 0) is 4.74 Å². The number of hydrogen-bond acceptors (Lipinski definition) is 3. The first-order valence-electron chi connectivity index (χ1n) is 4.89. The van der Waals surface area contributed by atoms with Crippen molar-refractivity contribution in [3.05, 3.63) is 47.4 Å². The van der Waals surface area contributed by atoms with Gasteiger partial charge in [0.15, 0.2) is 5.76 Å². The summed E-state index contributed by atoms with van der Waals surface area (Å²) in [5.74, 6) is 0.748. The van der Waals surface area contributed by atoms with Crippen molar-refractivity contribution in [1.29, 1.82) is 0 Å². The van der Waals surface area contributed by atoms with E-state index in [1.165, 1.54) is 5.56 Å². The van der Waals surface area contributed by atoms with E-state index in [2.05, 4.69) is 41.5 Å². The maximum absolute atomic E-state index is 5.04. The van der Waals surface area contributed by atoms with Crippen LogP contribution in [0, 0.1) is 6.92 Å². The van der Waals surface area contributed by atoms with E-state index in [0.29, 0.717) is 0 Å². The van der Waals surface area contributed by atoms with Gasteiger partial charge in [-0.25, -0.2) is 0 Å². The van der Waals surface area contributed by atoms with Crippen molar-refractivity contribution < 1.29 is 4.74 Å². The molecular weight excluding hydrogens is 188 g/mol. The summed E-state index contributed by atoms with van der Waals surface area (Å²) in [6, 6.07) is 8.33. The van der Waals surface area contributed by atoms with Crippen molar-refractivity contribution in [2.45, 2.75) is 13.1 Å². The van der Waals surface area contributed by atoms with Gasteiger partial charge in [-0.05, 0) is 12.5 Å². The molecule has 0 aromatic heterocycles. The molecule has 0 spiro atoms. The summed E-state index contributed by atoms with van der Waals surface area (Å²) >= 11 is 0. The zero-order valence-corrected chi connectivity index (χ0v) is 8.90. The molecule has 78 valence electrons. The summed E-state index contributed by atoms with van der Waals surface area (Å²) in [6.45, 7) is 2.07. The average molecular weight is 202 g/mol. The van der Waals surface area contributed by atoms with E-state index >= 15 is 0 Å². The SMILES string of the molecule is COC1=CNC(c2ccc(C)cc2)N=C1.